The summed E-state index contributed by atoms with van der Waals surface area (Å²) in [6, 6.07) is 11.7. The Morgan fingerprint density at radius 3 is 2.38 bits per heavy atom. The SMILES string of the molecule is COc1ccc(/C=C/C(=O)c2ccc(SC(F)F)c(OC)c2)cc1. The predicted molar refractivity (Wildman–Crippen MR) is 91.2 cm³/mol. The molecule has 6 heteroatoms. The molecule has 0 spiro atoms. The van der Waals surface area contributed by atoms with E-state index in [4.69, 9.17) is 9.47 Å². The van der Waals surface area contributed by atoms with Crippen molar-refractivity contribution in [3.05, 3.63) is 59.7 Å². The van der Waals surface area contributed by atoms with Gasteiger partial charge in [0.2, 0.25) is 0 Å². The summed E-state index contributed by atoms with van der Waals surface area (Å²) < 4.78 is 35.1. The third kappa shape index (κ3) is 4.83. The minimum absolute atomic E-state index is 0.238. The van der Waals surface area contributed by atoms with Crippen LogP contribution in [0, 0.1) is 0 Å². The summed E-state index contributed by atoms with van der Waals surface area (Å²) in [6.45, 7) is 0. The molecule has 0 aliphatic heterocycles. The Labute approximate surface area is 143 Å². The molecule has 3 nitrogen and oxygen atoms in total. The van der Waals surface area contributed by atoms with E-state index in [1.165, 1.54) is 31.4 Å². The molecule has 0 aromatic heterocycles. The van der Waals surface area contributed by atoms with Crippen molar-refractivity contribution in [2.45, 2.75) is 10.7 Å². The number of carbonyl (C=O) groups excluding carboxylic acids is 1. The molecule has 0 bridgehead atoms. The number of carbonyl (C=O) groups is 1. The van der Waals surface area contributed by atoms with Crippen LogP contribution in [0.2, 0.25) is 0 Å². The van der Waals surface area contributed by atoms with Crippen molar-refractivity contribution in [3.63, 3.8) is 0 Å². The zero-order valence-corrected chi connectivity index (χ0v) is 14.0. The number of alkyl halides is 2. The first-order valence-electron chi connectivity index (χ1n) is 7.03. The minimum Gasteiger partial charge on any atom is -0.497 e. The van der Waals surface area contributed by atoms with Gasteiger partial charge in [-0.1, -0.05) is 30.0 Å². The second-order valence-electron chi connectivity index (χ2n) is 4.71. The average Bonchev–Trinajstić information content (AvgIpc) is 2.60. The summed E-state index contributed by atoms with van der Waals surface area (Å²) in [5.74, 6) is -1.80. The number of hydrogen-bond donors (Lipinski definition) is 0. The maximum Gasteiger partial charge on any atom is 0.289 e. The molecule has 0 saturated heterocycles. The number of ether oxygens (including phenoxy) is 2. The highest BCUT2D eigenvalue weighted by Gasteiger charge is 2.13. The van der Waals surface area contributed by atoms with E-state index in [9.17, 15) is 13.6 Å². The van der Waals surface area contributed by atoms with Gasteiger partial charge in [0, 0.05) is 5.56 Å². The number of rotatable bonds is 7. The zero-order valence-electron chi connectivity index (χ0n) is 13.2. The van der Waals surface area contributed by atoms with Crippen molar-refractivity contribution in [2.24, 2.45) is 0 Å². The summed E-state index contributed by atoms with van der Waals surface area (Å²) in [6.07, 6.45) is 3.10. The van der Waals surface area contributed by atoms with Crippen molar-refractivity contribution in [1.82, 2.24) is 0 Å². The topological polar surface area (TPSA) is 35.5 Å². The van der Waals surface area contributed by atoms with Gasteiger partial charge in [-0.3, -0.25) is 4.79 Å². The highest BCUT2D eigenvalue weighted by molar-refractivity contribution is 7.99. The fourth-order valence-electron chi connectivity index (χ4n) is 2.00. The van der Waals surface area contributed by atoms with Crippen LogP contribution < -0.4 is 9.47 Å². The predicted octanol–water partition coefficient (Wildman–Crippen LogP) is 4.91. The van der Waals surface area contributed by atoms with Crippen LogP contribution in [0.25, 0.3) is 6.08 Å². The molecule has 0 aliphatic carbocycles. The molecule has 0 aliphatic rings. The van der Waals surface area contributed by atoms with Gasteiger partial charge in [0.1, 0.15) is 11.5 Å². The number of allylic oxidation sites excluding steroid dienone is 1. The molecule has 0 saturated carbocycles. The Kier molecular flexibility index (Phi) is 6.37. The number of ketones is 1. The van der Waals surface area contributed by atoms with Gasteiger partial charge in [0.15, 0.2) is 5.78 Å². The second-order valence-corrected chi connectivity index (χ2v) is 5.75. The molecular formula is C18H16F2O3S. The van der Waals surface area contributed by atoms with E-state index in [0.717, 1.165) is 11.3 Å². The maximum atomic E-state index is 12.5. The summed E-state index contributed by atoms with van der Waals surface area (Å²) >= 11 is 0.384. The molecule has 2 aromatic rings. The van der Waals surface area contributed by atoms with E-state index >= 15 is 0 Å². The van der Waals surface area contributed by atoms with Gasteiger partial charge < -0.3 is 9.47 Å². The largest absolute Gasteiger partial charge is 0.497 e. The Bertz CT molecular complexity index is 728. The molecule has 0 fully saturated rings. The Balaban J connectivity index is 2.15. The zero-order chi connectivity index (χ0) is 17.5. The number of methoxy groups -OCH3 is 2. The van der Waals surface area contributed by atoms with Gasteiger partial charge in [-0.2, -0.15) is 8.78 Å². The van der Waals surface area contributed by atoms with Crippen LogP contribution in [-0.4, -0.2) is 25.8 Å². The van der Waals surface area contributed by atoms with Crippen molar-refractivity contribution in [1.29, 1.82) is 0 Å². The van der Waals surface area contributed by atoms with E-state index in [0.29, 0.717) is 22.2 Å². The van der Waals surface area contributed by atoms with Crippen LogP contribution in [0.15, 0.2) is 53.4 Å². The van der Waals surface area contributed by atoms with Gasteiger partial charge in [-0.05, 0) is 42.0 Å². The lowest BCUT2D eigenvalue weighted by Gasteiger charge is -2.08. The van der Waals surface area contributed by atoms with Crippen molar-refractivity contribution in [2.75, 3.05) is 14.2 Å². The molecule has 0 heterocycles. The lowest BCUT2D eigenvalue weighted by atomic mass is 10.1. The molecule has 0 atom stereocenters. The first-order valence-corrected chi connectivity index (χ1v) is 7.90. The first-order chi connectivity index (χ1) is 11.5. The third-order valence-electron chi connectivity index (χ3n) is 3.21. The van der Waals surface area contributed by atoms with E-state index < -0.39 is 5.76 Å². The molecule has 126 valence electrons. The van der Waals surface area contributed by atoms with Gasteiger partial charge in [-0.15, -0.1) is 0 Å². The van der Waals surface area contributed by atoms with Crippen LogP contribution in [0.1, 0.15) is 15.9 Å². The highest BCUT2D eigenvalue weighted by atomic mass is 32.2. The molecule has 0 radical (unpaired) electrons. The van der Waals surface area contributed by atoms with Crippen LogP contribution in [0.3, 0.4) is 0 Å². The van der Waals surface area contributed by atoms with Crippen LogP contribution >= 0.6 is 11.8 Å². The molecule has 2 aromatic carbocycles. The lowest BCUT2D eigenvalue weighted by molar-refractivity contribution is 0.104. The average molecular weight is 350 g/mol. The lowest BCUT2D eigenvalue weighted by Crippen LogP contribution is -1.97. The molecule has 0 unspecified atom stereocenters. The number of benzene rings is 2. The van der Waals surface area contributed by atoms with Crippen LogP contribution in [0.5, 0.6) is 11.5 Å². The number of halogens is 2. The fraction of sp³-hybridized carbons (Fsp3) is 0.167. The van der Waals surface area contributed by atoms with E-state index in [-0.39, 0.29) is 11.5 Å². The first kappa shape index (κ1) is 18.0. The summed E-state index contributed by atoms with van der Waals surface area (Å²) in [7, 11) is 2.96. The number of hydrogen-bond acceptors (Lipinski definition) is 4. The van der Waals surface area contributed by atoms with Gasteiger partial charge in [0.05, 0.1) is 19.1 Å². The number of thioether (sulfide) groups is 1. The Morgan fingerprint density at radius 2 is 1.79 bits per heavy atom. The smallest absolute Gasteiger partial charge is 0.289 e. The minimum atomic E-state index is -2.55. The Hall–Kier alpha value is -2.34. The van der Waals surface area contributed by atoms with Gasteiger partial charge >= 0.3 is 0 Å². The normalized spacial score (nSPS) is 11.0. The Morgan fingerprint density at radius 1 is 1.08 bits per heavy atom. The van der Waals surface area contributed by atoms with Crippen molar-refractivity contribution >= 4 is 23.6 Å². The van der Waals surface area contributed by atoms with E-state index in [1.807, 2.05) is 12.1 Å². The standard InChI is InChI=1S/C18H16F2O3S/c1-22-14-7-3-12(4-8-14)5-9-15(21)13-6-10-17(24-18(19)20)16(11-13)23-2/h3-11,18H,1-2H3/b9-5+. The molecule has 24 heavy (non-hydrogen) atoms. The van der Waals surface area contributed by atoms with Crippen molar-refractivity contribution in [3.8, 4) is 11.5 Å². The highest BCUT2D eigenvalue weighted by Crippen LogP contribution is 2.34. The fourth-order valence-corrected chi connectivity index (χ4v) is 2.59. The third-order valence-corrected chi connectivity index (χ3v) is 3.98. The maximum absolute atomic E-state index is 12.5. The van der Waals surface area contributed by atoms with Gasteiger partial charge in [-0.25, -0.2) is 0 Å². The summed E-state index contributed by atoms with van der Waals surface area (Å²) in [5, 5.41) is 0. The summed E-state index contributed by atoms with van der Waals surface area (Å²) in [5.41, 5.74) is 1.22. The van der Waals surface area contributed by atoms with Crippen LogP contribution in [-0.2, 0) is 0 Å². The second kappa shape index (κ2) is 8.49. The molecule has 0 amide bonds. The molecule has 2 rings (SSSR count). The quantitative estimate of drug-likeness (QED) is 0.404. The monoisotopic (exact) mass is 350 g/mol. The van der Waals surface area contributed by atoms with Crippen LogP contribution in [0.4, 0.5) is 8.78 Å². The molecule has 0 N–H and O–H groups in total. The van der Waals surface area contributed by atoms with E-state index in [2.05, 4.69) is 0 Å². The van der Waals surface area contributed by atoms with Crippen molar-refractivity contribution < 1.29 is 23.0 Å². The van der Waals surface area contributed by atoms with Gasteiger partial charge in [0.25, 0.3) is 5.76 Å². The molecular weight excluding hydrogens is 334 g/mol. The summed E-state index contributed by atoms with van der Waals surface area (Å²) in [4.78, 5) is 12.5. The van der Waals surface area contributed by atoms with E-state index in [1.54, 1.807) is 25.3 Å².